The van der Waals surface area contributed by atoms with E-state index in [1.807, 2.05) is 50.4 Å². The number of fused-ring (bicyclic) bond motifs is 1. The van der Waals surface area contributed by atoms with Gasteiger partial charge in [0.15, 0.2) is 11.4 Å². The van der Waals surface area contributed by atoms with Crippen molar-refractivity contribution in [3.63, 3.8) is 0 Å². The largest absolute Gasteiger partial charge is 0.478 e. The fraction of sp³-hybridized carbons (Fsp3) is 0.308. The second-order valence-corrected chi connectivity index (χ2v) is 9.18. The van der Waals surface area contributed by atoms with E-state index in [-0.39, 0.29) is 18.2 Å². The van der Waals surface area contributed by atoms with E-state index in [2.05, 4.69) is 0 Å². The fourth-order valence-electron chi connectivity index (χ4n) is 3.53. The topological polar surface area (TPSA) is 86.0 Å². The molecule has 0 saturated heterocycles. The maximum Gasteiger partial charge on any atom is 0.347 e. The minimum Gasteiger partial charge on any atom is -0.478 e. The molecule has 33 heavy (non-hydrogen) atoms. The van der Waals surface area contributed by atoms with Gasteiger partial charge in [0, 0.05) is 23.0 Å². The van der Waals surface area contributed by atoms with Crippen LogP contribution in [-0.2, 0) is 16.1 Å². The van der Waals surface area contributed by atoms with Crippen LogP contribution in [0.3, 0.4) is 0 Å². The van der Waals surface area contributed by atoms with Crippen LogP contribution in [0, 0.1) is 13.8 Å². The van der Waals surface area contributed by atoms with Gasteiger partial charge in [0.2, 0.25) is 5.78 Å². The molecule has 1 heterocycles. The molecule has 0 aliphatic rings. The van der Waals surface area contributed by atoms with Crippen LogP contribution in [0.5, 0.6) is 5.75 Å². The van der Waals surface area contributed by atoms with Crippen molar-refractivity contribution in [1.29, 1.82) is 0 Å². The van der Waals surface area contributed by atoms with Gasteiger partial charge in [-0.15, -0.1) is 11.8 Å². The van der Waals surface area contributed by atoms with Gasteiger partial charge >= 0.3 is 5.97 Å². The van der Waals surface area contributed by atoms with Crippen molar-refractivity contribution in [2.75, 3.05) is 13.4 Å². The van der Waals surface area contributed by atoms with E-state index in [4.69, 9.17) is 13.9 Å². The van der Waals surface area contributed by atoms with Crippen molar-refractivity contribution in [2.24, 2.45) is 0 Å². The van der Waals surface area contributed by atoms with Gasteiger partial charge in [-0.3, -0.25) is 4.79 Å². The normalized spacial score (nSPS) is 11.9. The molecule has 1 aromatic heterocycles. The van der Waals surface area contributed by atoms with Crippen molar-refractivity contribution >= 4 is 40.6 Å². The molecule has 7 heteroatoms. The first kappa shape index (κ1) is 24.6. The lowest BCUT2D eigenvalue weighted by Crippen LogP contribution is -2.38. The van der Waals surface area contributed by atoms with E-state index in [9.17, 15) is 14.7 Å². The Morgan fingerprint density at radius 1 is 1.15 bits per heavy atom. The predicted octanol–water partition coefficient (Wildman–Crippen LogP) is 6.06. The molecule has 0 radical (unpaired) electrons. The van der Waals surface area contributed by atoms with Gasteiger partial charge < -0.3 is 19.0 Å². The highest BCUT2D eigenvalue weighted by Gasteiger charge is 2.30. The van der Waals surface area contributed by atoms with Gasteiger partial charge in [0.25, 0.3) is 0 Å². The molecule has 0 amide bonds. The molecule has 0 fully saturated rings. The number of rotatable bonds is 9. The maximum absolute atomic E-state index is 13.0. The number of methoxy groups -OCH3 is 1. The molecule has 1 N–H and O–H groups in total. The number of ether oxygens (including phenoxy) is 2. The third kappa shape index (κ3) is 5.31. The van der Waals surface area contributed by atoms with Crippen LogP contribution in [0.4, 0.5) is 0 Å². The van der Waals surface area contributed by atoms with Crippen molar-refractivity contribution < 1.29 is 28.6 Å². The van der Waals surface area contributed by atoms with Crippen molar-refractivity contribution in [2.45, 2.75) is 44.8 Å². The maximum atomic E-state index is 13.0. The Hall–Kier alpha value is -3.03. The van der Waals surface area contributed by atoms with Gasteiger partial charge in [0.05, 0.1) is 6.61 Å². The summed E-state index contributed by atoms with van der Waals surface area (Å²) in [4.78, 5) is 25.5. The number of aryl methyl sites for hydroxylation is 2. The molecule has 6 nitrogen and oxygen atoms in total. The monoisotopic (exact) mass is 468 g/mol. The minimum absolute atomic E-state index is 0.258. The second kappa shape index (κ2) is 9.85. The Balaban J connectivity index is 1.91. The lowest BCUT2D eigenvalue weighted by Gasteiger charge is -2.24. The molecular formula is C26H28O6S. The summed E-state index contributed by atoms with van der Waals surface area (Å²) in [6.07, 6.45) is 5.17. The van der Waals surface area contributed by atoms with E-state index in [1.54, 1.807) is 24.9 Å². The zero-order valence-electron chi connectivity index (χ0n) is 19.6. The van der Waals surface area contributed by atoms with E-state index >= 15 is 0 Å². The number of allylic oxidation sites excluding steroid dienone is 1. The number of hydrogen-bond acceptors (Lipinski definition) is 6. The van der Waals surface area contributed by atoms with E-state index < -0.39 is 11.6 Å². The second-order valence-electron chi connectivity index (χ2n) is 8.30. The van der Waals surface area contributed by atoms with Gasteiger partial charge in [-0.2, -0.15) is 0 Å². The number of carboxylic acid groups (broad SMARTS) is 1. The summed E-state index contributed by atoms with van der Waals surface area (Å²) in [6.45, 7) is 6.98. The zero-order chi connectivity index (χ0) is 24.3. The molecular weight excluding hydrogens is 440 g/mol. The number of carboxylic acids is 1. The summed E-state index contributed by atoms with van der Waals surface area (Å²) in [5.74, 6) is -0.516. The van der Waals surface area contributed by atoms with Gasteiger partial charge in [-0.25, -0.2) is 4.79 Å². The average molecular weight is 469 g/mol. The summed E-state index contributed by atoms with van der Waals surface area (Å²) >= 11 is 1.60. The van der Waals surface area contributed by atoms with Crippen molar-refractivity contribution in [1.82, 2.24) is 0 Å². The van der Waals surface area contributed by atoms with Crippen LogP contribution in [0.2, 0.25) is 0 Å². The van der Waals surface area contributed by atoms with Crippen molar-refractivity contribution in [3.05, 3.63) is 64.4 Å². The molecule has 3 aromatic rings. The SMILES string of the molecule is COCc1c(C(=O)/C=C/c2cc(C)c(OC(C)(C)C(=O)O)c(C)c2)oc2cc(SC)ccc12. The quantitative estimate of drug-likeness (QED) is 0.232. The van der Waals surface area contributed by atoms with Crippen LogP contribution in [0.15, 0.2) is 45.7 Å². The predicted molar refractivity (Wildman–Crippen MR) is 130 cm³/mol. The first-order valence-corrected chi connectivity index (χ1v) is 11.6. The Morgan fingerprint density at radius 2 is 1.82 bits per heavy atom. The first-order chi connectivity index (χ1) is 15.6. The minimum atomic E-state index is -1.35. The lowest BCUT2D eigenvalue weighted by atomic mass is 10.0. The van der Waals surface area contributed by atoms with E-state index in [1.165, 1.54) is 19.9 Å². The highest BCUT2D eigenvalue weighted by atomic mass is 32.2. The Morgan fingerprint density at radius 3 is 2.39 bits per heavy atom. The number of hydrogen-bond donors (Lipinski definition) is 1. The summed E-state index contributed by atoms with van der Waals surface area (Å²) in [7, 11) is 1.58. The summed E-state index contributed by atoms with van der Waals surface area (Å²) in [6, 6.07) is 9.56. The number of ketones is 1. The Labute approximate surface area is 197 Å². The molecule has 0 atom stereocenters. The first-order valence-electron chi connectivity index (χ1n) is 10.4. The summed E-state index contributed by atoms with van der Waals surface area (Å²) in [5.41, 5.74) is 2.39. The fourth-order valence-corrected chi connectivity index (χ4v) is 3.96. The van der Waals surface area contributed by atoms with Gasteiger partial charge in [-0.05, 0) is 87.0 Å². The zero-order valence-corrected chi connectivity index (χ0v) is 20.5. The number of carbonyl (C=O) groups is 2. The molecule has 3 rings (SSSR count). The van der Waals surface area contributed by atoms with Crippen molar-refractivity contribution in [3.8, 4) is 5.75 Å². The Bertz CT molecular complexity index is 1210. The van der Waals surface area contributed by atoms with Crippen LogP contribution in [0.25, 0.3) is 17.0 Å². The molecule has 0 saturated carbocycles. The van der Waals surface area contributed by atoms with Crippen LogP contribution in [-0.4, -0.2) is 35.8 Å². The standard InChI is InChI=1S/C26H28O6S/c1-15-11-17(12-16(2)23(15)32-26(3,4)25(28)29)7-10-21(27)24-20(14-30-5)19-9-8-18(33-6)13-22(19)31-24/h7-13H,14H2,1-6H3,(H,28,29)/b10-7+. The van der Waals surface area contributed by atoms with Crippen LogP contribution < -0.4 is 4.74 Å². The third-order valence-corrected chi connectivity index (χ3v) is 6.02. The highest BCUT2D eigenvalue weighted by Crippen LogP contribution is 2.32. The molecule has 2 aromatic carbocycles. The highest BCUT2D eigenvalue weighted by molar-refractivity contribution is 7.98. The van der Waals surface area contributed by atoms with Crippen LogP contribution >= 0.6 is 11.8 Å². The number of furan rings is 1. The smallest absolute Gasteiger partial charge is 0.347 e. The van der Waals surface area contributed by atoms with Crippen LogP contribution in [0.1, 0.15) is 46.7 Å². The summed E-state index contributed by atoms with van der Waals surface area (Å²) < 4.78 is 17.0. The summed E-state index contributed by atoms with van der Waals surface area (Å²) in [5, 5.41) is 10.2. The third-order valence-electron chi connectivity index (χ3n) is 5.29. The number of thioether (sulfide) groups is 1. The number of carbonyl (C=O) groups excluding carboxylic acids is 1. The average Bonchev–Trinajstić information content (AvgIpc) is 3.12. The Kier molecular flexibility index (Phi) is 7.34. The molecule has 0 aliphatic carbocycles. The van der Waals surface area contributed by atoms with E-state index in [0.717, 1.165) is 32.5 Å². The number of aliphatic carboxylic acids is 1. The molecule has 174 valence electrons. The van der Waals surface area contributed by atoms with Gasteiger partial charge in [-0.1, -0.05) is 6.08 Å². The molecule has 0 aliphatic heterocycles. The number of benzene rings is 2. The molecule has 0 unspecified atom stereocenters. The lowest BCUT2D eigenvalue weighted by molar-refractivity contribution is -0.152. The van der Waals surface area contributed by atoms with E-state index in [0.29, 0.717) is 11.3 Å². The molecule has 0 spiro atoms. The molecule has 0 bridgehead atoms. The van der Waals surface area contributed by atoms with Gasteiger partial charge in [0.1, 0.15) is 11.3 Å².